The molecule has 2 amide bonds. The Hall–Kier alpha value is -1.97. The summed E-state index contributed by atoms with van der Waals surface area (Å²) < 4.78 is 0. The van der Waals surface area contributed by atoms with Gasteiger partial charge in [0.15, 0.2) is 4.87 Å². The van der Waals surface area contributed by atoms with Crippen molar-refractivity contribution in [2.45, 2.75) is 22.3 Å². The van der Waals surface area contributed by atoms with E-state index in [-0.39, 0.29) is 29.3 Å². The van der Waals surface area contributed by atoms with Crippen molar-refractivity contribution in [1.82, 2.24) is 10.2 Å². The van der Waals surface area contributed by atoms with Crippen LogP contribution in [0.15, 0.2) is 24.3 Å². The fourth-order valence-electron chi connectivity index (χ4n) is 2.75. The van der Waals surface area contributed by atoms with Gasteiger partial charge in [0.05, 0.1) is 6.54 Å². The van der Waals surface area contributed by atoms with Crippen molar-refractivity contribution in [1.29, 1.82) is 0 Å². The van der Waals surface area contributed by atoms with Gasteiger partial charge in [-0.1, -0.05) is 12.1 Å². The number of halogens is 1. The van der Waals surface area contributed by atoms with Crippen LogP contribution in [0.4, 0.5) is 0 Å². The summed E-state index contributed by atoms with van der Waals surface area (Å²) in [5, 5.41) is 20.7. The van der Waals surface area contributed by atoms with Crippen LogP contribution < -0.4 is 11.1 Å². The molecule has 1 aromatic carbocycles. The number of alkyl halides is 1. The zero-order valence-electron chi connectivity index (χ0n) is 12.9. The van der Waals surface area contributed by atoms with E-state index in [9.17, 15) is 19.5 Å². The van der Waals surface area contributed by atoms with Gasteiger partial charge in [-0.15, -0.1) is 23.4 Å². The van der Waals surface area contributed by atoms with Gasteiger partial charge in [-0.2, -0.15) is 0 Å². The molecule has 2 saturated heterocycles. The molecule has 25 heavy (non-hydrogen) atoms. The highest BCUT2D eigenvalue weighted by Gasteiger charge is 2.57. The molecule has 8 nitrogen and oxygen atoms in total. The van der Waals surface area contributed by atoms with Gasteiger partial charge in [0, 0.05) is 5.75 Å². The van der Waals surface area contributed by atoms with Crippen LogP contribution in [0.1, 0.15) is 11.6 Å². The van der Waals surface area contributed by atoms with Crippen LogP contribution in [-0.2, 0) is 14.4 Å². The molecule has 0 saturated carbocycles. The summed E-state index contributed by atoms with van der Waals surface area (Å²) >= 11 is 7.24. The van der Waals surface area contributed by atoms with Crippen LogP contribution in [-0.4, -0.2) is 61.5 Å². The van der Waals surface area contributed by atoms with E-state index in [4.69, 9.17) is 22.4 Å². The molecule has 0 bridgehead atoms. The number of carbonyl (C=O) groups is 3. The number of nitrogens with one attached hydrogen (secondary N) is 1. The molecule has 5 N–H and O–H groups in total. The Bertz CT molecular complexity index is 730. The second-order valence-electron chi connectivity index (χ2n) is 5.99. The summed E-state index contributed by atoms with van der Waals surface area (Å²) in [6, 6.07) is 4.15. The van der Waals surface area contributed by atoms with Crippen molar-refractivity contribution < 1.29 is 24.6 Å². The number of β-lactam (4-membered cyclic amide) rings is 1. The number of phenols is 1. The number of fused-ring (bicyclic) bond motifs is 1. The molecule has 1 aromatic rings. The smallest absolute Gasteiger partial charge is 0.327 e. The van der Waals surface area contributed by atoms with Crippen molar-refractivity contribution in [2.24, 2.45) is 5.73 Å². The molecule has 0 aromatic heterocycles. The molecule has 0 radical (unpaired) electrons. The molecule has 3 rings (SSSR count). The number of carboxylic acids is 1. The second-order valence-corrected chi connectivity index (χ2v) is 7.82. The summed E-state index contributed by atoms with van der Waals surface area (Å²) in [7, 11) is 0. The second kappa shape index (κ2) is 6.40. The fraction of sp³-hybridized carbons (Fsp3) is 0.400. The first-order valence-electron chi connectivity index (χ1n) is 7.42. The Morgan fingerprint density at radius 3 is 2.64 bits per heavy atom. The highest BCUT2D eigenvalue weighted by molar-refractivity contribution is 8.00. The van der Waals surface area contributed by atoms with Gasteiger partial charge in [-0.05, 0) is 17.7 Å². The van der Waals surface area contributed by atoms with E-state index in [0.29, 0.717) is 5.56 Å². The Kier molecular flexibility index (Phi) is 4.56. The average molecular weight is 386 g/mol. The molecular formula is C15H16ClN3O5S. The zero-order valence-corrected chi connectivity index (χ0v) is 14.5. The maximum absolute atomic E-state index is 12.3. The Morgan fingerprint density at radius 2 is 2.04 bits per heavy atom. The number of aliphatic carboxylic acids is 1. The quantitative estimate of drug-likeness (QED) is 0.418. The number of benzene rings is 1. The number of nitrogens with zero attached hydrogens (tertiary/aromatic N) is 1. The third kappa shape index (κ3) is 3.14. The number of rotatable bonds is 4. The average Bonchev–Trinajstić information content (AvgIpc) is 2.59. The summed E-state index contributed by atoms with van der Waals surface area (Å²) in [6.07, 6.45) is 0. The van der Waals surface area contributed by atoms with E-state index < -0.39 is 28.8 Å². The number of hydrogen-bond donors (Lipinski definition) is 4. The van der Waals surface area contributed by atoms with Gasteiger partial charge in [0.2, 0.25) is 11.8 Å². The zero-order chi connectivity index (χ0) is 18.4. The van der Waals surface area contributed by atoms with Gasteiger partial charge in [0.1, 0.15) is 23.2 Å². The van der Waals surface area contributed by atoms with Crippen LogP contribution in [0.25, 0.3) is 0 Å². The number of nitrogens with two attached hydrogens (primary N) is 1. The lowest BCUT2D eigenvalue weighted by molar-refractivity contribution is -0.152. The fourth-order valence-corrected chi connectivity index (χ4v) is 4.45. The van der Waals surface area contributed by atoms with Crippen molar-refractivity contribution in [2.75, 3.05) is 12.3 Å². The predicted octanol–water partition coefficient (Wildman–Crippen LogP) is -0.146. The molecule has 3 unspecified atom stereocenters. The summed E-state index contributed by atoms with van der Waals surface area (Å²) in [6.45, 7) is -0.100. The minimum atomic E-state index is -1.51. The van der Waals surface area contributed by atoms with Gasteiger partial charge in [0.25, 0.3) is 0 Å². The van der Waals surface area contributed by atoms with Crippen LogP contribution in [0.2, 0.25) is 0 Å². The van der Waals surface area contributed by atoms with E-state index >= 15 is 0 Å². The lowest BCUT2D eigenvalue weighted by Gasteiger charge is -2.52. The van der Waals surface area contributed by atoms with E-state index in [1.807, 2.05) is 0 Å². The van der Waals surface area contributed by atoms with E-state index in [1.165, 1.54) is 40.9 Å². The summed E-state index contributed by atoms with van der Waals surface area (Å²) in [5.41, 5.74) is 6.39. The van der Waals surface area contributed by atoms with Crippen LogP contribution in [0.5, 0.6) is 5.75 Å². The molecule has 2 fully saturated rings. The first-order chi connectivity index (χ1) is 11.7. The van der Waals surface area contributed by atoms with Gasteiger partial charge in [-0.25, -0.2) is 0 Å². The number of phenolic OH excluding ortho intramolecular Hbond substituents is 1. The summed E-state index contributed by atoms with van der Waals surface area (Å²) in [4.78, 5) is 35.6. The maximum atomic E-state index is 12.3. The Balaban J connectivity index is 1.63. The van der Waals surface area contributed by atoms with E-state index in [0.717, 1.165) is 0 Å². The van der Waals surface area contributed by atoms with Crippen LogP contribution >= 0.6 is 23.4 Å². The van der Waals surface area contributed by atoms with E-state index in [2.05, 4.69) is 5.32 Å². The third-order valence-electron chi connectivity index (χ3n) is 4.26. The number of carboxylic acid groups (broad SMARTS) is 1. The number of hydrogen-bond acceptors (Lipinski definition) is 6. The van der Waals surface area contributed by atoms with Crippen molar-refractivity contribution in [3.8, 4) is 5.75 Å². The molecule has 10 heteroatoms. The minimum absolute atomic E-state index is 0.0581. The SMILES string of the molecule is NC(C(=O)NC1C(=O)N2CC(Cl)(C(=O)O)CS[C@H]12)c1ccc(O)cc1. The molecule has 2 aliphatic rings. The first-order valence-corrected chi connectivity index (χ1v) is 8.85. The number of thioether (sulfide) groups is 1. The first kappa shape index (κ1) is 17.8. The van der Waals surface area contributed by atoms with Crippen LogP contribution in [0.3, 0.4) is 0 Å². The van der Waals surface area contributed by atoms with Crippen molar-refractivity contribution >= 4 is 41.1 Å². The number of amides is 2. The molecule has 0 aliphatic carbocycles. The number of aromatic hydroxyl groups is 1. The molecule has 0 spiro atoms. The largest absolute Gasteiger partial charge is 0.508 e. The molecule has 134 valence electrons. The van der Waals surface area contributed by atoms with Crippen molar-refractivity contribution in [3.63, 3.8) is 0 Å². The van der Waals surface area contributed by atoms with Gasteiger partial charge >= 0.3 is 5.97 Å². The van der Waals surface area contributed by atoms with E-state index in [1.54, 1.807) is 0 Å². The molecule has 4 atom stereocenters. The predicted molar refractivity (Wildman–Crippen MR) is 91.1 cm³/mol. The normalized spacial score (nSPS) is 29.4. The lowest BCUT2D eigenvalue weighted by Crippen LogP contribution is -2.74. The molecule has 2 aliphatic heterocycles. The number of carbonyl (C=O) groups excluding carboxylic acids is 2. The topological polar surface area (TPSA) is 133 Å². The third-order valence-corrected chi connectivity index (χ3v) is 6.36. The highest BCUT2D eigenvalue weighted by atomic mass is 35.5. The Labute approximate surface area is 152 Å². The monoisotopic (exact) mass is 385 g/mol. The maximum Gasteiger partial charge on any atom is 0.327 e. The standard InChI is InChI=1S/C15H16ClN3O5S/c16-15(14(23)24)5-19-12(22)10(13(19)25-6-15)18-11(21)9(17)7-1-3-8(20)4-2-7/h1-4,9-10,13,20H,5-6,17H2,(H,18,21)(H,23,24)/t9?,10?,13-,15?/m1/s1. The van der Waals surface area contributed by atoms with Crippen LogP contribution in [0, 0.1) is 0 Å². The van der Waals surface area contributed by atoms with Gasteiger partial charge < -0.3 is 26.2 Å². The highest BCUT2D eigenvalue weighted by Crippen LogP contribution is 2.41. The molecular weight excluding hydrogens is 370 g/mol. The Morgan fingerprint density at radius 1 is 1.40 bits per heavy atom. The van der Waals surface area contributed by atoms with Gasteiger partial charge in [-0.3, -0.25) is 14.4 Å². The lowest BCUT2D eigenvalue weighted by atomic mass is 10.0. The van der Waals surface area contributed by atoms with Crippen molar-refractivity contribution in [3.05, 3.63) is 29.8 Å². The molecule has 2 heterocycles. The minimum Gasteiger partial charge on any atom is -0.508 e. The summed E-state index contributed by atoms with van der Waals surface area (Å²) in [5.74, 6) is -1.88.